The highest BCUT2D eigenvalue weighted by Crippen LogP contribution is 2.26. The summed E-state index contributed by atoms with van der Waals surface area (Å²) >= 11 is 5.83. The lowest BCUT2D eigenvalue weighted by Gasteiger charge is -2.13. The second kappa shape index (κ2) is 4.90. The molecule has 104 valence electrons. The lowest BCUT2D eigenvalue weighted by Crippen LogP contribution is -2.35. The van der Waals surface area contributed by atoms with Crippen molar-refractivity contribution in [2.75, 3.05) is 6.54 Å². The summed E-state index contributed by atoms with van der Waals surface area (Å²) in [7, 11) is 0. The van der Waals surface area contributed by atoms with E-state index in [1.54, 1.807) is 12.1 Å². The van der Waals surface area contributed by atoms with E-state index >= 15 is 0 Å². The summed E-state index contributed by atoms with van der Waals surface area (Å²) in [5.41, 5.74) is 0.659. The van der Waals surface area contributed by atoms with Gasteiger partial charge >= 0.3 is 0 Å². The molecule has 0 unspecified atom stereocenters. The molecule has 1 aromatic rings. The van der Waals surface area contributed by atoms with Crippen LogP contribution in [0, 0.1) is 0 Å². The minimum Gasteiger partial charge on any atom is -0.353 e. The highest BCUT2D eigenvalue weighted by molar-refractivity contribution is 6.32. The third kappa shape index (κ3) is 2.41. The topological polar surface area (TPSA) is 66.5 Å². The van der Waals surface area contributed by atoms with Crippen LogP contribution in [-0.4, -0.2) is 35.2 Å². The molecular formula is C14H13ClN2O3. The van der Waals surface area contributed by atoms with Gasteiger partial charge in [-0.05, 0) is 31.0 Å². The fraction of sp³-hybridized carbons (Fsp3) is 0.357. The molecule has 2 aliphatic rings. The van der Waals surface area contributed by atoms with Crippen LogP contribution >= 0.6 is 11.6 Å². The zero-order valence-electron chi connectivity index (χ0n) is 10.7. The predicted molar refractivity (Wildman–Crippen MR) is 72.6 cm³/mol. The number of fused-ring (bicyclic) bond motifs is 1. The molecule has 0 atom stereocenters. The van der Waals surface area contributed by atoms with Gasteiger partial charge in [0.1, 0.15) is 0 Å². The number of carbonyl (C=O) groups excluding carboxylic acids is 3. The van der Waals surface area contributed by atoms with Gasteiger partial charge in [0.2, 0.25) is 5.91 Å². The first kappa shape index (κ1) is 13.1. The van der Waals surface area contributed by atoms with Crippen molar-refractivity contribution >= 4 is 29.3 Å². The number of rotatable bonds is 4. The Morgan fingerprint density at radius 2 is 1.95 bits per heavy atom. The standard InChI is InChI=1S/C14H13ClN2O3/c15-8-1-4-10-11(7-8)14(20)17(13(10)19)6-5-12(18)16-9-2-3-9/h1,4,7,9H,2-3,5-6H2,(H,16,18). The summed E-state index contributed by atoms with van der Waals surface area (Å²) in [6.45, 7) is 0.0997. The number of amides is 3. The number of halogens is 1. The van der Waals surface area contributed by atoms with Crippen molar-refractivity contribution in [3.8, 4) is 0 Å². The van der Waals surface area contributed by atoms with Crippen molar-refractivity contribution in [1.82, 2.24) is 10.2 Å². The van der Waals surface area contributed by atoms with Crippen LogP contribution in [-0.2, 0) is 4.79 Å². The van der Waals surface area contributed by atoms with Gasteiger partial charge in [-0.3, -0.25) is 19.3 Å². The summed E-state index contributed by atoms with van der Waals surface area (Å²) in [5.74, 6) is -0.866. The van der Waals surface area contributed by atoms with E-state index in [4.69, 9.17) is 11.6 Å². The molecule has 1 aromatic carbocycles. The highest BCUT2D eigenvalue weighted by Gasteiger charge is 2.35. The van der Waals surface area contributed by atoms with Crippen molar-refractivity contribution in [2.24, 2.45) is 0 Å². The first-order valence-electron chi connectivity index (χ1n) is 6.51. The van der Waals surface area contributed by atoms with Gasteiger partial charge < -0.3 is 5.32 Å². The molecule has 20 heavy (non-hydrogen) atoms. The maximum Gasteiger partial charge on any atom is 0.261 e. The van der Waals surface area contributed by atoms with Crippen molar-refractivity contribution in [1.29, 1.82) is 0 Å². The molecule has 0 aromatic heterocycles. The minimum atomic E-state index is -0.383. The zero-order chi connectivity index (χ0) is 14.3. The van der Waals surface area contributed by atoms with Gasteiger partial charge in [0, 0.05) is 24.0 Å². The normalized spacial score (nSPS) is 17.4. The molecule has 5 nitrogen and oxygen atoms in total. The Balaban J connectivity index is 1.68. The fourth-order valence-electron chi connectivity index (χ4n) is 2.21. The van der Waals surface area contributed by atoms with Crippen molar-refractivity contribution < 1.29 is 14.4 Å². The van der Waals surface area contributed by atoms with Gasteiger partial charge in [-0.2, -0.15) is 0 Å². The zero-order valence-corrected chi connectivity index (χ0v) is 11.4. The third-order valence-corrected chi connectivity index (χ3v) is 3.67. The minimum absolute atomic E-state index is 0.0997. The van der Waals surface area contributed by atoms with E-state index in [2.05, 4.69) is 5.32 Å². The van der Waals surface area contributed by atoms with Crippen molar-refractivity contribution in [3.05, 3.63) is 34.3 Å². The molecule has 1 fully saturated rings. The molecule has 0 radical (unpaired) electrons. The number of carbonyl (C=O) groups is 3. The molecule has 1 aliphatic carbocycles. The summed E-state index contributed by atoms with van der Waals surface area (Å²) in [6, 6.07) is 4.89. The Morgan fingerprint density at radius 3 is 2.65 bits per heavy atom. The SMILES string of the molecule is O=C(CCN1C(=O)c2ccc(Cl)cc2C1=O)NC1CC1. The number of imide groups is 1. The molecule has 0 spiro atoms. The summed E-state index contributed by atoms with van der Waals surface area (Å²) in [5, 5.41) is 3.24. The third-order valence-electron chi connectivity index (χ3n) is 3.44. The van der Waals surface area contributed by atoms with E-state index in [9.17, 15) is 14.4 Å². The van der Waals surface area contributed by atoms with Crippen LogP contribution in [0.5, 0.6) is 0 Å². The molecule has 1 saturated carbocycles. The fourth-order valence-corrected chi connectivity index (χ4v) is 2.38. The summed E-state index contributed by atoms with van der Waals surface area (Å²) < 4.78 is 0. The lowest BCUT2D eigenvalue weighted by atomic mass is 10.1. The average Bonchev–Trinajstić information content (AvgIpc) is 3.18. The number of hydrogen-bond acceptors (Lipinski definition) is 3. The smallest absolute Gasteiger partial charge is 0.261 e. The molecule has 0 bridgehead atoms. The number of nitrogens with zero attached hydrogens (tertiary/aromatic N) is 1. The van der Waals surface area contributed by atoms with Crippen LogP contribution < -0.4 is 5.32 Å². The maximum absolute atomic E-state index is 12.1. The van der Waals surface area contributed by atoms with Crippen LogP contribution in [0.1, 0.15) is 40.0 Å². The van der Waals surface area contributed by atoms with E-state index in [1.807, 2.05) is 0 Å². The van der Waals surface area contributed by atoms with Gasteiger partial charge in [-0.25, -0.2) is 0 Å². The largest absolute Gasteiger partial charge is 0.353 e. The Kier molecular flexibility index (Phi) is 3.22. The second-order valence-corrected chi connectivity index (χ2v) is 5.48. The molecule has 1 heterocycles. The van der Waals surface area contributed by atoms with E-state index in [1.165, 1.54) is 6.07 Å². The second-order valence-electron chi connectivity index (χ2n) is 5.04. The Hall–Kier alpha value is -1.88. The van der Waals surface area contributed by atoms with Gasteiger partial charge in [0.25, 0.3) is 11.8 Å². The molecule has 3 amide bonds. The Bertz CT molecular complexity index is 610. The predicted octanol–water partition coefficient (Wildman–Crippen LogP) is 1.60. The molecule has 3 rings (SSSR count). The van der Waals surface area contributed by atoms with Crippen molar-refractivity contribution in [2.45, 2.75) is 25.3 Å². The van der Waals surface area contributed by atoms with Crippen LogP contribution in [0.2, 0.25) is 5.02 Å². The van der Waals surface area contributed by atoms with Gasteiger partial charge in [-0.1, -0.05) is 11.6 Å². The lowest BCUT2D eigenvalue weighted by molar-refractivity contribution is -0.121. The van der Waals surface area contributed by atoms with Crippen LogP contribution in [0.4, 0.5) is 0 Å². The maximum atomic E-state index is 12.1. The molecular weight excluding hydrogens is 280 g/mol. The van der Waals surface area contributed by atoms with Crippen LogP contribution in [0.15, 0.2) is 18.2 Å². The average molecular weight is 293 g/mol. The Labute approximate surface area is 120 Å². The quantitative estimate of drug-likeness (QED) is 0.857. The first-order chi connectivity index (χ1) is 9.56. The highest BCUT2D eigenvalue weighted by atomic mass is 35.5. The van der Waals surface area contributed by atoms with Crippen molar-refractivity contribution in [3.63, 3.8) is 0 Å². The number of nitrogens with one attached hydrogen (secondary N) is 1. The van der Waals surface area contributed by atoms with E-state index in [-0.39, 0.29) is 36.7 Å². The molecule has 6 heteroatoms. The Morgan fingerprint density at radius 1 is 1.25 bits per heavy atom. The van der Waals surface area contributed by atoms with Crippen LogP contribution in [0.3, 0.4) is 0 Å². The van der Waals surface area contributed by atoms with E-state index in [0.717, 1.165) is 17.7 Å². The van der Waals surface area contributed by atoms with E-state index < -0.39 is 0 Å². The molecule has 0 saturated heterocycles. The summed E-state index contributed by atoms with van der Waals surface area (Å²) in [4.78, 5) is 36.9. The number of benzene rings is 1. The molecule has 1 N–H and O–H groups in total. The molecule has 1 aliphatic heterocycles. The van der Waals surface area contributed by atoms with Gasteiger partial charge in [0.15, 0.2) is 0 Å². The van der Waals surface area contributed by atoms with E-state index in [0.29, 0.717) is 16.1 Å². The van der Waals surface area contributed by atoms with Crippen LogP contribution in [0.25, 0.3) is 0 Å². The van der Waals surface area contributed by atoms with Gasteiger partial charge in [-0.15, -0.1) is 0 Å². The van der Waals surface area contributed by atoms with Gasteiger partial charge in [0.05, 0.1) is 11.1 Å². The monoisotopic (exact) mass is 292 g/mol. The first-order valence-corrected chi connectivity index (χ1v) is 6.89. The number of hydrogen-bond donors (Lipinski definition) is 1. The summed E-state index contributed by atoms with van der Waals surface area (Å²) in [6.07, 6.45) is 2.16.